The smallest absolute Gasteiger partial charge is 0.0242 e. The molecule has 0 aromatic heterocycles. The number of halogens is 2. The average Bonchev–Trinajstić information content (AvgIpc) is 2.37. The lowest BCUT2D eigenvalue weighted by Gasteiger charge is -2.43. The van der Waals surface area contributed by atoms with Crippen molar-refractivity contribution in [1.82, 2.24) is 5.32 Å². The number of benzene rings is 2. The predicted octanol–water partition coefficient (Wildman–Crippen LogP) is 4.14. The van der Waals surface area contributed by atoms with Gasteiger partial charge in [0.05, 0.1) is 0 Å². The first-order valence-corrected chi connectivity index (χ1v) is 8.26. The van der Waals surface area contributed by atoms with Crippen LogP contribution in [0.15, 0.2) is 53.0 Å². The molecule has 19 heavy (non-hydrogen) atoms. The van der Waals surface area contributed by atoms with Crippen LogP contribution in [0.5, 0.6) is 0 Å². The van der Waals surface area contributed by atoms with Crippen LogP contribution >= 0.6 is 38.5 Å². The molecule has 2 aromatic carbocycles. The van der Waals surface area contributed by atoms with Gasteiger partial charge in [-0.2, -0.15) is 0 Å². The summed E-state index contributed by atoms with van der Waals surface area (Å²) in [6.45, 7) is 2.14. The Balaban J connectivity index is 1.87. The molecule has 1 heterocycles. The van der Waals surface area contributed by atoms with Gasteiger partial charge < -0.3 is 5.32 Å². The SMILES string of the molecule is Brc1ccc(C2(Cc3ccc(I)cc3)CNC2)cc1. The molecule has 0 spiro atoms. The van der Waals surface area contributed by atoms with Crippen LogP contribution in [0.1, 0.15) is 11.1 Å². The molecular weight excluding hydrogens is 413 g/mol. The Hall–Kier alpha value is -0.390. The lowest BCUT2D eigenvalue weighted by Crippen LogP contribution is -2.58. The monoisotopic (exact) mass is 427 g/mol. The summed E-state index contributed by atoms with van der Waals surface area (Å²) < 4.78 is 2.44. The highest BCUT2D eigenvalue weighted by Crippen LogP contribution is 2.33. The van der Waals surface area contributed by atoms with E-state index in [0.29, 0.717) is 0 Å². The molecule has 0 radical (unpaired) electrons. The predicted molar refractivity (Wildman–Crippen MR) is 91.6 cm³/mol. The number of nitrogens with one attached hydrogen (secondary N) is 1. The molecule has 1 N–H and O–H groups in total. The molecule has 0 aliphatic carbocycles. The zero-order valence-electron chi connectivity index (χ0n) is 10.5. The summed E-state index contributed by atoms with van der Waals surface area (Å²) in [6.07, 6.45) is 1.11. The van der Waals surface area contributed by atoms with E-state index in [1.807, 2.05) is 0 Å². The number of rotatable bonds is 3. The van der Waals surface area contributed by atoms with Crippen molar-refractivity contribution in [1.29, 1.82) is 0 Å². The standard InChI is InChI=1S/C16H15BrIN/c17-14-5-3-13(4-6-14)16(10-19-11-16)9-12-1-7-15(18)8-2-12/h1-8,19H,9-11H2. The molecule has 1 nitrogen and oxygen atoms in total. The summed E-state index contributed by atoms with van der Waals surface area (Å²) in [6, 6.07) is 17.7. The maximum atomic E-state index is 3.51. The van der Waals surface area contributed by atoms with Gasteiger partial charge in [0, 0.05) is 26.5 Å². The van der Waals surface area contributed by atoms with Gasteiger partial charge in [0.2, 0.25) is 0 Å². The van der Waals surface area contributed by atoms with Gasteiger partial charge in [-0.15, -0.1) is 0 Å². The first-order chi connectivity index (χ1) is 9.18. The van der Waals surface area contributed by atoms with Crippen molar-refractivity contribution in [2.45, 2.75) is 11.8 Å². The van der Waals surface area contributed by atoms with Gasteiger partial charge in [-0.05, 0) is 64.4 Å². The summed E-state index contributed by atoms with van der Waals surface area (Å²) >= 11 is 5.87. The Morgan fingerprint density at radius 3 is 2.16 bits per heavy atom. The van der Waals surface area contributed by atoms with Crippen LogP contribution < -0.4 is 5.32 Å². The summed E-state index contributed by atoms with van der Waals surface area (Å²) in [5, 5.41) is 3.43. The van der Waals surface area contributed by atoms with E-state index in [9.17, 15) is 0 Å². The molecule has 1 saturated heterocycles. The van der Waals surface area contributed by atoms with E-state index < -0.39 is 0 Å². The molecule has 1 aliphatic heterocycles. The van der Waals surface area contributed by atoms with E-state index in [-0.39, 0.29) is 5.41 Å². The van der Waals surface area contributed by atoms with E-state index >= 15 is 0 Å². The lowest BCUT2D eigenvalue weighted by atomic mass is 9.71. The zero-order chi connectivity index (χ0) is 13.3. The fourth-order valence-corrected chi connectivity index (χ4v) is 3.28. The van der Waals surface area contributed by atoms with Crippen molar-refractivity contribution in [2.75, 3.05) is 13.1 Å². The maximum absolute atomic E-state index is 3.51. The Morgan fingerprint density at radius 1 is 1.00 bits per heavy atom. The van der Waals surface area contributed by atoms with Crippen LogP contribution in [0.25, 0.3) is 0 Å². The molecule has 0 amide bonds. The summed E-state index contributed by atoms with van der Waals surface area (Å²) in [7, 11) is 0. The Labute approximate surface area is 136 Å². The molecule has 1 fully saturated rings. The molecular formula is C16H15BrIN. The largest absolute Gasteiger partial charge is 0.315 e. The molecule has 0 unspecified atom stereocenters. The van der Waals surface area contributed by atoms with Crippen LogP contribution in [-0.2, 0) is 11.8 Å². The zero-order valence-corrected chi connectivity index (χ0v) is 14.2. The van der Waals surface area contributed by atoms with Crippen molar-refractivity contribution in [2.24, 2.45) is 0 Å². The Morgan fingerprint density at radius 2 is 1.63 bits per heavy atom. The molecule has 2 aromatic rings. The van der Waals surface area contributed by atoms with E-state index in [1.165, 1.54) is 14.7 Å². The normalized spacial score (nSPS) is 16.9. The highest BCUT2D eigenvalue weighted by atomic mass is 127. The number of hydrogen-bond donors (Lipinski definition) is 1. The molecule has 3 heteroatoms. The summed E-state index contributed by atoms with van der Waals surface area (Å²) in [5.74, 6) is 0. The first kappa shape index (κ1) is 13.6. The minimum Gasteiger partial charge on any atom is -0.315 e. The van der Waals surface area contributed by atoms with Gasteiger partial charge >= 0.3 is 0 Å². The van der Waals surface area contributed by atoms with Gasteiger partial charge in [-0.3, -0.25) is 0 Å². The van der Waals surface area contributed by atoms with Gasteiger partial charge in [-0.25, -0.2) is 0 Å². The van der Waals surface area contributed by atoms with Gasteiger partial charge in [0.15, 0.2) is 0 Å². The maximum Gasteiger partial charge on any atom is 0.0242 e. The van der Waals surface area contributed by atoms with Crippen LogP contribution in [0.3, 0.4) is 0 Å². The van der Waals surface area contributed by atoms with Crippen molar-refractivity contribution in [3.05, 3.63) is 67.7 Å². The first-order valence-electron chi connectivity index (χ1n) is 6.39. The van der Waals surface area contributed by atoms with Crippen molar-refractivity contribution in [3.63, 3.8) is 0 Å². The van der Waals surface area contributed by atoms with Gasteiger partial charge in [0.25, 0.3) is 0 Å². The van der Waals surface area contributed by atoms with Crippen molar-refractivity contribution >= 4 is 38.5 Å². The minimum atomic E-state index is 0.271. The Bertz CT molecular complexity index is 558. The topological polar surface area (TPSA) is 12.0 Å². The molecule has 3 rings (SSSR count). The molecule has 1 aliphatic rings. The van der Waals surface area contributed by atoms with Gasteiger partial charge in [0.1, 0.15) is 0 Å². The van der Waals surface area contributed by atoms with Crippen LogP contribution in [0.2, 0.25) is 0 Å². The molecule has 0 saturated carbocycles. The Kier molecular flexibility index (Phi) is 3.96. The van der Waals surface area contributed by atoms with Crippen molar-refractivity contribution in [3.8, 4) is 0 Å². The number of hydrogen-bond acceptors (Lipinski definition) is 1. The fraction of sp³-hybridized carbons (Fsp3) is 0.250. The highest BCUT2D eigenvalue weighted by molar-refractivity contribution is 14.1. The van der Waals surface area contributed by atoms with Crippen LogP contribution in [-0.4, -0.2) is 13.1 Å². The van der Waals surface area contributed by atoms with E-state index in [4.69, 9.17) is 0 Å². The summed E-state index contributed by atoms with van der Waals surface area (Å²) in [4.78, 5) is 0. The van der Waals surface area contributed by atoms with Gasteiger partial charge in [-0.1, -0.05) is 40.2 Å². The minimum absolute atomic E-state index is 0.271. The third-order valence-electron chi connectivity index (χ3n) is 3.84. The quantitative estimate of drug-likeness (QED) is 0.726. The third kappa shape index (κ3) is 2.88. The molecule has 0 bridgehead atoms. The summed E-state index contributed by atoms with van der Waals surface area (Å²) in [5.41, 5.74) is 3.13. The van der Waals surface area contributed by atoms with E-state index in [1.54, 1.807) is 0 Å². The van der Waals surface area contributed by atoms with Crippen molar-refractivity contribution < 1.29 is 0 Å². The average molecular weight is 428 g/mol. The lowest BCUT2D eigenvalue weighted by molar-refractivity contribution is 0.274. The molecule has 98 valence electrons. The molecule has 0 atom stereocenters. The second kappa shape index (κ2) is 5.54. The van der Waals surface area contributed by atoms with Crippen LogP contribution in [0, 0.1) is 3.57 Å². The van der Waals surface area contributed by atoms with E-state index in [2.05, 4.69) is 92.4 Å². The van der Waals surface area contributed by atoms with Crippen LogP contribution in [0.4, 0.5) is 0 Å². The van der Waals surface area contributed by atoms with E-state index in [0.717, 1.165) is 24.0 Å². The third-order valence-corrected chi connectivity index (χ3v) is 5.09. The second-order valence-electron chi connectivity index (χ2n) is 5.19. The highest BCUT2D eigenvalue weighted by Gasteiger charge is 2.38. The second-order valence-corrected chi connectivity index (χ2v) is 7.36. The fourth-order valence-electron chi connectivity index (χ4n) is 2.65.